The quantitative estimate of drug-likeness (QED) is 0.394. The molecule has 0 saturated carbocycles. The van der Waals surface area contributed by atoms with Crippen LogP contribution >= 0.6 is 15.9 Å². The molecule has 56 valence electrons. The predicted molar refractivity (Wildman–Crippen MR) is 39.7 cm³/mol. The van der Waals surface area contributed by atoms with Gasteiger partial charge in [0.05, 0.1) is 6.61 Å². The average molecular weight is 207 g/mol. The molecule has 0 atom stereocenters. The summed E-state index contributed by atoms with van der Waals surface area (Å²) in [5.74, 6) is -0.519. The Kier molecular flexibility index (Phi) is 4.84. The fourth-order valence-electron chi connectivity index (χ4n) is 0.328. The molecular weight excluding hydrogens is 200 g/mol. The van der Waals surface area contributed by atoms with Crippen molar-refractivity contribution in [3.05, 3.63) is 10.6 Å². The summed E-state index contributed by atoms with van der Waals surface area (Å²) in [4.78, 5) is 20.4. The third kappa shape index (κ3) is 3.40. The summed E-state index contributed by atoms with van der Waals surface area (Å²) in [5, 5.41) is 0. The van der Waals surface area contributed by atoms with E-state index in [1.807, 2.05) is 0 Å². The maximum absolute atomic E-state index is 10.6. The molecule has 0 N–H and O–H groups in total. The first-order chi connectivity index (χ1) is 4.72. The normalized spacial score (nSPS) is 10.8. The summed E-state index contributed by atoms with van der Waals surface area (Å²) < 4.78 is 4.69. The SMILES string of the molecule is CCOC(=O)C(Br)=CC=O. The fraction of sp³-hybridized carbons (Fsp3) is 0.333. The zero-order chi connectivity index (χ0) is 7.98. The van der Waals surface area contributed by atoms with Crippen LogP contribution in [0.15, 0.2) is 10.6 Å². The zero-order valence-corrected chi connectivity index (χ0v) is 7.05. The van der Waals surface area contributed by atoms with E-state index in [9.17, 15) is 9.59 Å². The Labute approximate surface area is 67.2 Å². The molecule has 0 rings (SSSR count). The largest absolute Gasteiger partial charge is 0.462 e. The molecule has 10 heavy (non-hydrogen) atoms. The zero-order valence-electron chi connectivity index (χ0n) is 5.46. The Morgan fingerprint density at radius 3 is 2.70 bits per heavy atom. The first-order valence-corrected chi connectivity index (χ1v) is 3.49. The van der Waals surface area contributed by atoms with E-state index in [1.54, 1.807) is 6.92 Å². The van der Waals surface area contributed by atoms with Gasteiger partial charge in [-0.05, 0) is 28.9 Å². The van der Waals surface area contributed by atoms with Gasteiger partial charge in [0.2, 0.25) is 0 Å². The van der Waals surface area contributed by atoms with Crippen LogP contribution in [0, 0.1) is 0 Å². The molecule has 0 unspecified atom stereocenters. The summed E-state index contributed by atoms with van der Waals surface area (Å²) in [7, 11) is 0. The summed E-state index contributed by atoms with van der Waals surface area (Å²) in [5.41, 5.74) is 0. The number of allylic oxidation sites excluding steroid dienone is 1. The van der Waals surface area contributed by atoms with Crippen molar-refractivity contribution in [2.75, 3.05) is 6.61 Å². The Balaban J connectivity index is 3.93. The van der Waals surface area contributed by atoms with Gasteiger partial charge in [-0.25, -0.2) is 4.79 Å². The van der Waals surface area contributed by atoms with Crippen molar-refractivity contribution >= 4 is 28.2 Å². The lowest BCUT2D eigenvalue weighted by atomic mass is 10.5. The molecule has 0 aliphatic heterocycles. The van der Waals surface area contributed by atoms with Gasteiger partial charge in [0, 0.05) is 0 Å². The third-order valence-corrected chi connectivity index (χ3v) is 1.27. The first kappa shape index (κ1) is 9.36. The van der Waals surface area contributed by atoms with E-state index in [-0.39, 0.29) is 4.48 Å². The van der Waals surface area contributed by atoms with Gasteiger partial charge in [-0.3, -0.25) is 4.79 Å². The van der Waals surface area contributed by atoms with Crippen molar-refractivity contribution in [2.24, 2.45) is 0 Å². The van der Waals surface area contributed by atoms with Gasteiger partial charge in [0.1, 0.15) is 10.8 Å². The number of ether oxygens (including phenoxy) is 1. The van der Waals surface area contributed by atoms with E-state index in [1.165, 1.54) is 0 Å². The second kappa shape index (κ2) is 5.17. The Hall–Kier alpha value is -0.640. The van der Waals surface area contributed by atoms with Crippen LogP contribution in [0.3, 0.4) is 0 Å². The maximum Gasteiger partial charge on any atom is 0.345 e. The van der Waals surface area contributed by atoms with Crippen LogP contribution < -0.4 is 0 Å². The fourth-order valence-corrected chi connectivity index (χ4v) is 0.550. The molecule has 4 heteroatoms. The van der Waals surface area contributed by atoms with Crippen LogP contribution in [-0.2, 0) is 14.3 Å². The Morgan fingerprint density at radius 1 is 1.70 bits per heavy atom. The summed E-state index contributed by atoms with van der Waals surface area (Å²) in [6, 6.07) is 0. The van der Waals surface area contributed by atoms with Crippen LogP contribution in [0.25, 0.3) is 0 Å². The number of aldehydes is 1. The van der Waals surface area contributed by atoms with Crippen molar-refractivity contribution in [1.82, 2.24) is 0 Å². The molecule has 0 spiro atoms. The molecule has 0 saturated heterocycles. The highest BCUT2D eigenvalue weighted by molar-refractivity contribution is 9.12. The van der Waals surface area contributed by atoms with Gasteiger partial charge < -0.3 is 4.74 Å². The summed E-state index contributed by atoms with van der Waals surface area (Å²) >= 11 is 2.86. The average Bonchev–Trinajstić information content (AvgIpc) is 1.89. The smallest absolute Gasteiger partial charge is 0.345 e. The minimum Gasteiger partial charge on any atom is -0.462 e. The third-order valence-electron chi connectivity index (χ3n) is 0.685. The standard InChI is InChI=1S/C6H7BrO3/c1-2-10-6(9)5(7)3-4-8/h3-4H,2H2,1H3. The Bertz CT molecular complexity index is 162. The van der Waals surface area contributed by atoms with E-state index in [4.69, 9.17) is 0 Å². The second-order valence-electron chi connectivity index (χ2n) is 1.37. The molecule has 0 aromatic heterocycles. The molecule has 0 radical (unpaired) electrons. The van der Waals surface area contributed by atoms with Crippen LogP contribution in [0.1, 0.15) is 6.92 Å². The number of rotatable bonds is 3. The van der Waals surface area contributed by atoms with Crippen molar-refractivity contribution in [3.8, 4) is 0 Å². The van der Waals surface area contributed by atoms with E-state index in [0.29, 0.717) is 12.9 Å². The molecule has 0 aliphatic carbocycles. The van der Waals surface area contributed by atoms with E-state index >= 15 is 0 Å². The highest BCUT2D eigenvalue weighted by atomic mass is 79.9. The van der Waals surface area contributed by atoms with Gasteiger partial charge in [0.25, 0.3) is 0 Å². The van der Waals surface area contributed by atoms with Crippen LogP contribution in [0.2, 0.25) is 0 Å². The Morgan fingerprint density at radius 2 is 2.30 bits per heavy atom. The molecule has 3 nitrogen and oxygen atoms in total. The molecule has 0 heterocycles. The van der Waals surface area contributed by atoms with E-state index < -0.39 is 5.97 Å². The van der Waals surface area contributed by atoms with Gasteiger partial charge in [-0.15, -0.1) is 0 Å². The first-order valence-electron chi connectivity index (χ1n) is 2.70. The minimum absolute atomic E-state index is 0.143. The van der Waals surface area contributed by atoms with Crippen LogP contribution in [0.4, 0.5) is 0 Å². The molecule has 0 amide bonds. The van der Waals surface area contributed by atoms with Gasteiger partial charge in [-0.2, -0.15) is 0 Å². The van der Waals surface area contributed by atoms with Crippen molar-refractivity contribution in [1.29, 1.82) is 0 Å². The van der Waals surface area contributed by atoms with Gasteiger partial charge >= 0.3 is 5.97 Å². The van der Waals surface area contributed by atoms with Crippen molar-refractivity contribution in [2.45, 2.75) is 6.92 Å². The molecule has 0 fully saturated rings. The molecular formula is C6H7BrO3. The number of hydrogen-bond acceptors (Lipinski definition) is 3. The summed E-state index contributed by atoms with van der Waals surface area (Å²) in [6.07, 6.45) is 1.61. The van der Waals surface area contributed by atoms with E-state index in [2.05, 4.69) is 20.7 Å². The van der Waals surface area contributed by atoms with Crippen LogP contribution in [0.5, 0.6) is 0 Å². The van der Waals surface area contributed by atoms with Crippen molar-refractivity contribution in [3.63, 3.8) is 0 Å². The monoisotopic (exact) mass is 206 g/mol. The topological polar surface area (TPSA) is 43.4 Å². The van der Waals surface area contributed by atoms with Crippen LogP contribution in [-0.4, -0.2) is 18.9 Å². The lowest BCUT2D eigenvalue weighted by Crippen LogP contribution is -2.03. The molecule has 0 bridgehead atoms. The lowest BCUT2D eigenvalue weighted by Gasteiger charge is -1.96. The van der Waals surface area contributed by atoms with Gasteiger partial charge in [-0.1, -0.05) is 0 Å². The molecule has 0 aliphatic rings. The van der Waals surface area contributed by atoms with Gasteiger partial charge in [0.15, 0.2) is 0 Å². The van der Waals surface area contributed by atoms with Crippen molar-refractivity contribution < 1.29 is 14.3 Å². The second-order valence-corrected chi connectivity index (χ2v) is 2.23. The lowest BCUT2D eigenvalue weighted by molar-refractivity contribution is -0.137. The highest BCUT2D eigenvalue weighted by Crippen LogP contribution is 2.05. The van der Waals surface area contributed by atoms with E-state index in [0.717, 1.165) is 6.08 Å². The summed E-state index contributed by atoms with van der Waals surface area (Å²) in [6.45, 7) is 2.00. The number of esters is 1. The number of carbonyl (C=O) groups is 2. The maximum atomic E-state index is 10.6. The molecule has 0 aromatic rings. The minimum atomic E-state index is -0.519. The number of hydrogen-bond donors (Lipinski definition) is 0. The number of carbonyl (C=O) groups excluding carboxylic acids is 2. The predicted octanol–water partition coefficient (Wildman–Crippen LogP) is 1.03. The number of halogens is 1. The highest BCUT2D eigenvalue weighted by Gasteiger charge is 2.04. The molecule has 0 aromatic carbocycles.